The largest absolute Gasteiger partial charge is 0.381 e. The number of nitrogens with zero attached hydrogens (tertiary/aromatic N) is 1. The molecule has 0 amide bonds. The molecular formula is C15H29NO2. The van der Waals surface area contributed by atoms with Crippen LogP contribution in [0.3, 0.4) is 0 Å². The molecule has 106 valence electrons. The van der Waals surface area contributed by atoms with Crippen molar-refractivity contribution in [3.63, 3.8) is 0 Å². The molecule has 1 aliphatic heterocycles. The van der Waals surface area contributed by atoms with Crippen molar-refractivity contribution in [1.29, 1.82) is 0 Å². The maximum atomic E-state index is 11.0. The van der Waals surface area contributed by atoms with E-state index in [1.165, 1.54) is 0 Å². The molecule has 0 unspecified atom stereocenters. The highest BCUT2D eigenvalue weighted by Crippen LogP contribution is 2.40. The Morgan fingerprint density at radius 3 is 2.22 bits per heavy atom. The first-order valence-electron chi connectivity index (χ1n) is 6.91. The van der Waals surface area contributed by atoms with E-state index < -0.39 is 5.60 Å². The maximum absolute atomic E-state index is 11.0. The summed E-state index contributed by atoms with van der Waals surface area (Å²) in [5.74, 6) is 0.824. The van der Waals surface area contributed by atoms with Crippen LogP contribution in [0.5, 0.6) is 0 Å². The number of hydrogen-bond donors (Lipinski definition) is 1. The summed E-state index contributed by atoms with van der Waals surface area (Å²) in [7, 11) is 4.00. The SMILES string of the molecule is C=C[C@]1(O)[C@H](C(C)C)O[C@H](CC(C)C)[C@H]1N(C)C. The maximum Gasteiger partial charge on any atom is 0.127 e. The third-order valence-electron chi connectivity index (χ3n) is 3.80. The molecule has 0 aromatic rings. The van der Waals surface area contributed by atoms with Crippen LogP contribution in [-0.4, -0.2) is 48.0 Å². The van der Waals surface area contributed by atoms with E-state index in [2.05, 4.69) is 39.2 Å². The van der Waals surface area contributed by atoms with Gasteiger partial charge in [-0.1, -0.05) is 33.8 Å². The third-order valence-corrected chi connectivity index (χ3v) is 3.80. The molecule has 1 N–H and O–H groups in total. The summed E-state index contributed by atoms with van der Waals surface area (Å²) in [4.78, 5) is 2.07. The first kappa shape index (κ1) is 15.7. The Hall–Kier alpha value is -0.380. The summed E-state index contributed by atoms with van der Waals surface area (Å²) in [6.45, 7) is 12.4. The van der Waals surface area contributed by atoms with Gasteiger partial charge in [0.25, 0.3) is 0 Å². The second-order valence-corrected chi connectivity index (χ2v) is 6.47. The molecule has 1 aliphatic rings. The van der Waals surface area contributed by atoms with Crippen molar-refractivity contribution in [3.05, 3.63) is 12.7 Å². The van der Waals surface area contributed by atoms with Gasteiger partial charge in [0.2, 0.25) is 0 Å². The Morgan fingerprint density at radius 2 is 1.89 bits per heavy atom. The van der Waals surface area contributed by atoms with Crippen LogP contribution in [0.4, 0.5) is 0 Å². The van der Waals surface area contributed by atoms with Crippen LogP contribution in [0.25, 0.3) is 0 Å². The topological polar surface area (TPSA) is 32.7 Å². The van der Waals surface area contributed by atoms with Gasteiger partial charge >= 0.3 is 0 Å². The van der Waals surface area contributed by atoms with Gasteiger partial charge in [0, 0.05) is 0 Å². The zero-order chi connectivity index (χ0) is 14.1. The minimum atomic E-state index is -0.961. The Kier molecular flexibility index (Phi) is 4.98. The molecule has 4 atom stereocenters. The molecule has 0 radical (unpaired) electrons. The summed E-state index contributed by atoms with van der Waals surface area (Å²) >= 11 is 0. The molecule has 3 heteroatoms. The minimum absolute atomic E-state index is 0.0233. The predicted octanol–water partition coefficient (Wildman–Crippen LogP) is 2.30. The Balaban J connectivity index is 3.06. The molecule has 1 rings (SSSR count). The van der Waals surface area contributed by atoms with Crippen molar-refractivity contribution in [2.45, 2.75) is 58.0 Å². The number of hydrogen-bond acceptors (Lipinski definition) is 3. The quantitative estimate of drug-likeness (QED) is 0.765. The summed E-state index contributed by atoms with van der Waals surface area (Å²) in [5, 5.41) is 11.0. The fourth-order valence-electron chi connectivity index (χ4n) is 3.16. The van der Waals surface area contributed by atoms with E-state index in [-0.39, 0.29) is 24.2 Å². The lowest BCUT2D eigenvalue weighted by atomic mass is 9.82. The molecule has 1 fully saturated rings. The van der Waals surface area contributed by atoms with E-state index in [0.717, 1.165) is 6.42 Å². The molecule has 0 spiro atoms. The van der Waals surface area contributed by atoms with E-state index in [1.54, 1.807) is 6.08 Å². The van der Waals surface area contributed by atoms with Crippen LogP contribution in [-0.2, 0) is 4.74 Å². The molecule has 0 saturated carbocycles. The molecule has 0 bridgehead atoms. The molecule has 0 aromatic carbocycles. The molecule has 0 aromatic heterocycles. The highest BCUT2D eigenvalue weighted by atomic mass is 16.5. The van der Waals surface area contributed by atoms with Gasteiger partial charge in [-0.25, -0.2) is 0 Å². The molecule has 0 aliphatic carbocycles. The van der Waals surface area contributed by atoms with Gasteiger partial charge in [-0.3, -0.25) is 0 Å². The van der Waals surface area contributed by atoms with Gasteiger partial charge in [0.05, 0.1) is 18.2 Å². The summed E-state index contributed by atoms with van der Waals surface area (Å²) in [6.07, 6.45) is 2.52. The number of aliphatic hydroxyl groups is 1. The molecule has 3 nitrogen and oxygen atoms in total. The molecule has 1 heterocycles. The lowest BCUT2D eigenvalue weighted by molar-refractivity contribution is -0.0521. The Morgan fingerprint density at radius 1 is 1.33 bits per heavy atom. The fourth-order valence-corrected chi connectivity index (χ4v) is 3.16. The zero-order valence-corrected chi connectivity index (χ0v) is 12.7. The van der Waals surface area contributed by atoms with Crippen molar-refractivity contribution in [2.24, 2.45) is 11.8 Å². The third kappa shape index (κ3) is 2.79. The smallest absolute Gasteiger partial charge is 0.127 e. The Bertz CT molecular complexity index is 288. The van der Waals surface area contributed by atoms with Crippen molar-refractivity contribution in [3.8, 4) is 0 Å². The highest BCUT2D eigenvalue weighted by Gasteiger charge is 2.55. The normalized spacial score (nSPS) is 36.9. The average molecular weight is 255 g/mol. The van der Waals surface area contributed by atoms with Gasteiger partial charge in [0.15, 0.2) is 0 Å². The van der Waals surface area contributed by atoms with Gasteiger partial charge < -0.3 is 14.7 Å². The van der Waals surface area contributed by atoms with Crippen molar-refractivity contribution in [1.82, 2.24) is 4.90 Å². The number of likely N-dealkylation sites (N-methyl/N-ethyl adjacent to an activating group) is 1. The second kappa shape index (κ2) is 5.72. The van der Waals surface area contributed by atoms with Crippen LogP contribution < -0.4 is 0 Å². The van der Waals surface area contributed by atoms with Crippen LogP contribution in [0, 0.1) is 11.8 Å². The summed E-state index contributed by atoms with van der Waals surface area (Å²) < 4.78 is 6.15. The minimum Gasteiger partial charge on any atom is -0.381 e. The predicted molar refractivity (Wildman–Crippen MR) is 75.6 cm³/mol. The fraction of sp³-hybridized carbons (Fsp3) is 0.867. The highest BCUT2D eigenvalue weighted by molar-refractivity contribution is 5.16. The molecular weight excluding hydrogens is 226 g/mol. The second-order valence-electron chi connectivity index (χ2n) is 6.47. The first-order valence-corrected chi connectivity index (χ1v) is 6.91. The van der Waals surface area contributed by atoms with Gasteiger partial charge in [-0.05, 0) is 32.4 Å². The zero-order valence-electron chi connectivity index (χ0n) is 12.7. The standard InChI is InChI=1S/C15H29NO2/c1-8-15(17)13(16(6)7)12(9-10(2)3)18-14(15)11(4)5/h8,10-14,17H,1,9H2,2-7H3/t12-,13-,14+,15-/m1/s1. The number of ether oxygens (including phenoxy) is 1. The van der Waals surface area contributed by atoms with Crippen LogP contribution >= 0.6 is 0 Å². The Labute approximate surface area is 112 Å². The van der Waals surface area contributed by atoms with Gasteiger partial charge in [-0.2, -0.15) is 0 Å². The van der Waals surface area contributed by atoms with Crippen LogP contribution in [0.1, 0.15) is 34.1 Å². The van der Waals surface area contributed by atoms with Crippen LogP contribution in [0.15, 0.2) is 12.7 Å². The van der Waals surface area contributed by atoms with E-state index in [0.29, 0.717) is 5.92 Å². The lowest BCUT2D eigenvalue weighted by Crippen LogP contribution is -2.54. The van der Waals surface area contributed by atoms with Gasteiger partial charge in [0.1, 0.15) is 5.60 Å². The lowest BCUT2D eigenvalue weighted by Gasteiger charge is -2.36. The van der Waals surface area contributed by atoms with E-state index in [1.807, 2.05) is 14.1 Å². The molecule has 18 heavy (non-hydrogen) atoms. The summed E-state index contributed by atoms with van der Waals surface area (Å²) in [6, 6.07) is -0.0233. The van der Waals surface area contributed by atoms with Crippen molar-refractivity contribution in [2.75, 3.05) is 14.1 Å². The van der Waals surface area contributed by atoms with E-state index in [9.17, 15) is 5.11 Å². The average Bonchev–Trinajstić information content (AvgIpc) is 2.51. The van der Waals surface area contributed by atoms with E-state index in [4.69, 9.17) is 4.74 Å². The number of rotatable bonds is 5. The van der Waals surface area contributed by atoms with Crippen molar-refractivity contribution >= 4 is 0 Å². The van der Waals surface area contributed by atoms with Crippen LogP contribution in [0.2, 0.25) is 0 Å². The molecule has 1 saturated heterocycles. The first-order chi connectivity index (χ1) is 8.24. The van der Waals surface area contributed by atoms with Crippen molar-refractivity contribution < 1.29 is 9.84 Å². The summed E-state index contributed by atoms with van der Waals surface area (Å²) in [5.41, 5.74) is -0.961. The monoisotopic (exact) mass is 255 g/mol. The van der Waals surface area contributed by atoms with E-state index >= 15 is 0 Å². The van der Waals surface area contributed by atoms with Gasteiger partial charge in [-0.15, -0.1) is 6.58 Å².